The van der Waals surface area contributed by atoms with Crippen molar-refractivity contribution < 1.29 is 9.53 Å². The molecule has 0 fully saturated rings. The number of hydrogen-bond donors (Lipinski definition) is 1. The van der Waals surface area contributed by atoms with E-state index in [0.29, 0.717) is 18.8 Å². The molecule has 1 amide bonds. The summed E-state index contributed by atoms with van der Waals surface area (Å²) in [5.41, 5.74) is 5.20. The van der Waals surface area contributed by atoms with E-state index in [0.717, 1.165) is 37.8 Å². The van der Waals surface area contributed by atoms with Crippen LogP contribution in [0, 0.1) is 6.92 Å². The van der Waals surface area contributed by atoms with Gasteiger partial charge >= 0.3 is 0 Å². The average molecular weight is 467 g/mol. The maximum absolute atomic E-state index is 12.8. The summed E-state index contributed by atoms with van der Waals surface area (Å²) in [4.78, 5) is 17.5. The minimum absolute atomic E-state index is 0.0472. The summed E-state index contributed by atoms with van der Waals surface area (Å²) < 4.78 is 9.09. The van der Waals surface area contributed by atoms with Gasteiger partial charge in [-0.25, -0.2) is 4.98 Å². The molecule has 0 spiro atoms. The largest absolute Gasteiger partial charge is 0.489 e. The van der Waals surface area contributed by atoms with Crippen molar-refractivity contribution in [2.24, 2.45) is 0 Å². The summed E-state index contributed by atoms with van der Waals surface area (Å²) in [6.45, 7) is 2.55. The molecular formula is C27H22N4O2S. The average Bonchev–Trinajstić information content (AvgIpc) is 3.47. The first-order chi connectivity index (χ1) is 16.7. The summed E-state index contributed by atoms with van der Waals surface area (Å²) in [5.74, 6) is 1.26. The van der Waals surface area contributed by atoms with Gasteiger partial charge in [-0.3, -0.25) is 4.79 Å². The van der Waals surface area contributed by atoms with Crippen molar-refractivity contribution in [2.45, 2.75) is 25.9 Å². The number of carbonyl (C=O) groups is 1. The maximum Gasteiger partial charge on any atom is 0.226 e. The van der Waals surface area contributed by atoms with Crippen molar-refractivity contribution in [3.8, 4) is 10.9 Å². The second-order valence-corrected chi connectivity index (χ2v) is 9.39. The molecule has 0 radical (unpaired) electrons. The molecule has 7 heteroatoms. The van der Waals surface area contributed by atoms with Crippen LogP contribution in [0.4, 0.5) is 5.82 Å². The number of thiazole rings is 1. The summed E-state index contributed by atoms with van der Waals surface area (Å²) in [7, 11) is 0. The molecule has 0 saturated heterocycles. The molecule has 1 aliphatic rings. The molecule has 0 aliphatic carbocycles. The Morgan fingerprint density at radius 3 is 2.71 bits per heavy atom. The van der Waals surface area contributed by atoms with Crippen molar-refractivity contribution in [2.75, 3.05) is 5.32 Å². The van der Waals surface area contributed by atoms with E-state index in [1.54, 1.807) is 16.0 Å². The number of carbonyl (C=O) groups excluding carboxylic acids is 1. The Balaban J connectivity index is 1.37. The van der Waals surface area contributed by atoms with Crippen LogP contribution in [0.3, 0.4) is 0 Å². The molecule has 34 heavy (non-hydrogen) atoms. The van der Waals surface area contributed by atoms with Crippen molar-refractivity contribution in [1.29, 1.82) is 0 Å². The van der Waals surface area contributed by atoms with Crippen LogP contribution < -0.4 is 10.1 Å². The van der Waals surface area contributed by atoms with Crippen LogP contribution in [-0.4, -0.2) is 20.7 Å². The number of hydrogen-bond acceptors (Lipinski definition) is 5. The first-order valence-corrected chi connectivity index (χ1v) is 12.0. The van der Waals surface area contributed by atoms with Crippen LogP contribution in [0.1, 0.15) is 34.6 Å². The molecule has 168 valence electrons. The second-order valence-electron chi connectivity index (χ2n) is 8.38. The Morgan fingerprint density at radius 1 is 1.03 bits per heavy atom. The van der Waals surface area contributed by atoms with Gasteiger partial charge in [0.05, 0.1) is 16.4 Å². The number of nitrogens with one attached hydrogen (secondary N) is 1. The lowest BCUT2D eigenvalue weighted by Crippen LogP contribution is -2.24. The minimum atomic E-state index is -0.153. The van der Waals surface area contributed by atoms with Gasteiger partial charge in [-0.1, -0.05) is 65.9 Å². The Kier molecular flexibility index (Phi) is 5.11. The van der Waals surface area contributed by atoms with E-state index in [9.17, 15) is 4.79 Å². The summed E-state index contributed by atoms with van der Waals surface area (Å²) in [6, 6.07) is 24.1. The second kappa shape index (κ2) is 8.43. The molecule has 6 nitrogen and oxygen atoms in total. The fourth-order valence-corrected chi connectivity index (χ4v) is 5.35. The van der Waals surface area contributed by atoms with Crippen LogP contribution >= 0.6 is 11.3 Å². The topological polar surface area (TPSA) is 69.0 Å². The highest BCUT2D eigenvalue weighted by Crippen LogP contribution is 2.42. The monoisotopic (exact) mass is 466 g/mol. The van der Waals surface area contributed by atoms with Crippen LogP contribution in [-0.2, 0) is 11.4 Å². The van der Waals surface area contributed by atoms with Gasteiger partial charge < -0.3 is 10.1 Å². The Morgan fingerprint density at radius 2 is 1.82 bits per heavy atom. The Bertz CT molecular complexity index is 1490. The van der Waals surface area contributed by atoms with E-state index in [1.807, 2.05) is 66.9 Å². The number of fused-ring (bicyclic) bond motifs is 2. The van der Waals surface area contributed by atoms with Gasteiger partial charge in [-0.2, -0.15) is 9.78 Å². The zero-order chi connectivity index (χ0) is 23.1. The predicted molar refractivity (Wildman–Crippen MR) is 134 cm³/mol. The van der Waals surface area contributed by atoms with Gasteiger partial charge in [0, 0.05) is 23.5 Å². The fourth-order valence-electron chi connectivity index (χ4n) is 4.42. The summed E-state index contributed by atoms with van der Waals surface area (Å²) in [5, 5.41) is 8.37. The first kappa shape index (κ1) is 20.6. The molecule has 5 aromatic rings. The van der Waals surface area contributed by atoms with Crippen molar-refractivity contribution in [3.63, 3.8) is 0 Å². The number of amides is 1. The number of rotatable bonds is 5. The summed E-state index contributed by atoms with van der Waals surface area (Å²) >= 11 is 1.55. The number of aryl methyl sites for hydroxylation is 1. The van der Waals surface area contributed by atoms with E-state index >= 15 is 0 Å². The number of aromatic nitrogens is 3. The van der Waals surface area contributed by atoms with Crippen molar-refractivity contribution in [1.82, 2.24) is 14.8 Å². The molecule has 6 rings (SSSR count). The highest BCUT2D eigenvalue weighted by molar-refractivity contribution is 7.20. The number of benzene rings is 3. The molecule has 0 unspecified atom stereocenters. The zero-order valence-corrected chi connectivity index (χ0v) is 19.4. The van der Waals surface area contributed by atoms with Crippen LogP contribution in [0.5, 0.6) is 5.75 Å². The molecule has 0 bridgehead atoms. The number of anilines is 1. The Labute approximate surface area is 200 Å². The van der Waals surface area contributed by atoms with Gasteiger partial charge in [0.2, 0.25) is 11.0 Å². The van der Waals surface area contributed by atoms with Crippen molar-refractivity contribution >= 4 is 33.3 Å². The number of para-hydroxylation sites is 2. The van der Waals surface area contributed by atoms with Gasteiger partial charge in [0.15, 0.2) is 0 Å². The standard InChI is InChI=1S/C27H22N4O2S/c1-17-8-2-3-9-18(17)16-33-23-12-6-4-10-19(23)20-14-25(32)30-26-21(20)15-28-31(26)27-29-22-11-5-7-13-24(22)34-27/h2-13,15,20H,14,16H2,1H3,(H,30,32)/t20-/m1/s1. The van der Waals surface area contributed by atoms with Gasteiger partial charge in [0.25, 0.3) is 0 Å². The smallest absolute Gasteiger partial charge is 0.226 e. The Hall–Kier alpha value is -3.97. The van der Waals surface area contributed by atoms with Crippen molar-refractivity contribution in [3.05, 3.63) is 101 Å². The maximum atomic E-state index is 12.8. The lowest BCUT2D eigenvalue weighted by atomic mass is 9.87. The van der Waals surface area contributed by atoms with E-state index < -0.39 is 0 Å². The third-order valence-electron chi connectivity index (χ3n) is 6.22. The van der Waals surface area contributed by atoms with Crippen LogP contribution in [0.15, 0.2) is 79.0 Å². The predicted octanol–water partition coefficient (Wildman–Crippen LogP) is 5.84. The third-order valence-corrected chi connectivity index (χ3v) is 7.23. The van der Waals surface area contributed by atoms with E-state index in [-0.39, 0.29) is 11.8 Å². The number of ether oxygens (including phenoxy) is 1. The molecule has 0 saturated carbocycles. The first-order valence-electron chi connectivity index (χ1n) is 11.2. The third kappa shape index (κ3) is 3.64. The van der Waals surface area contributed by atoms with Gasteiger partial charge in [-0.15, -0.1) is 0 Å². The van der Waals surface area contributed by atoms with E-state index in [4.69, 9.17) is 9.72 Å². The SMILES string of the molecule is Cc1ccccc1COc1ccccc1[C@H]1CC(=O)Nc2c1cnn2-c1nc2ccccc2s1. The molecule has 2 aromatic heterocycles. The van der Waals surface area contributed by atoms with Gasteiger partial charge in [0.1, 0.15) is 18.2 Å². The number of nitrogens with zero attached hydrogens (tertiary/aromatic N) is 3. The van der Waals surface area contributed by atoms with E-state index in [2.05, 4.69) is 29.5 Å². The molecule has 1 aliphatic heterocycles. The molecule has 3 heterocycles. The quantitative estimate of drug-likeness (QED) is 0.353. The van der Waals surface area contributed by atoms with Gasteiger partial charge in [-0.05, 0) is 36.2 Å². The van der Waals surface area contributed by atoms with Crippen LogP contribution in [0.25, 0.3) is 15.3 Å². The molecule has 3 aromatic carbocycles. The zero-order valence-electron chi connectivity index (χ0n) is 18.6. The molecule has 1 N–H and O–H groups in total. The minimum Gasteiger partial charge on any atom is -0.489 e. The summed E-state index contributed by atoms with van der Waals surface area (Å²) in [6.07, 6.45) is 2.17. The molecular weight excluding hydrogens is 444 g/mol. The van der Waals surface area contributed by atoms with E-state index in [1.165, 1.54) is 5.56 Å². The molecule has 1 atom stereocenters. The lowest BCUT2D eigenvalue weighted by Gasteiger charge is -2.25. The highest BCUT2D eigenvalue weighted by Gasteiger charge is 2.32. The normalized spacial score (nSPS) is 15.2. The highest BCUT2D eigenvalue weighted by atomic mass is 32.1. The fraction of sp³-hybridized carbons (Fsp3) is 0.148. The van der Waals surface area contributed by atoms with Crippen LogP contribution in [0.2, 0.25) is 0 Å². The lowest BCUT2D eigenvalue weighted by molar-refractivity contribution is -0.116.